The van der Waals surface area contributed by atoms with Crippen LogP contribution in [0.3, 0.4) is 0 Å². The van der Waals surface area contributed by atoms with Crippen LogP contribution in [0.1, 0.15) is 11.1 Å². The summed E-state index contributed by atoms with van der Waals surface area (Å²) in [6, 6.07) is 21.3. The van der Waals surface area contributed by atoms with Gasteiger partial charge in [0.05, 0.1) is 10.6 Å². The normalized spacial score (nSPS) is 14.2. The summed E-state index contributed by atoms with van der Waals surface area (Å²) >= 11 is 6.12. The van der Waals surface area contributed by atoms with E-state index in [0.29, 0.717) is 36.9 Å². The van der Waals surface area contributed by atoms with Gasteiger partial charge >= 0.3 is 0 Å². The lowest BCUT2D eigenvalue weighted by Gasteiger charge is -2.37. The zero-order chi connectivity index (χ0) is 24.3. The highest BCUT2D eigenvalue weighted by Gasteiger charge is 2.30. The lowest BCUT2D eigenvalue weighted by molar-refractivity contribution is -0.129. The first-order valence-electron chi connectivity index (χ1n) is 11.2. The van der Waals surface area contributed by atoms with Crippen molar-refractivity contribution in [3.8, 4) is 0 Å². The van der Waals surface area contributed by atoms with Crippen molar-refractivity contribution >= 4 is 38.9 Å². The van der Waals surface area contributed by atoms with E-state index in [2.05, 4.69) is 4.90 Å². The van der Waals surface area contributed by atoms with Crippen LogP contribution in [-0.4, -0.2) is 51.9 Å². The summed E-state index contributed by atoms with van der Waals surface area (Å²) in [5.74, 6) is -0.219. The van der Waals surface area contributed by atoms with Crippen LogP contribution in [-0.2, 0) is 14.8 Å². The molecule has 3 aromatic rings. The van der Waals surface area contributed by atoms with E-state index in [1.165, 1.54) is 4.31 Å². The number of nitrogens with zero attached hydrogens (tertiary/aromatic N) is 3. The lowest BCUT2D eigenvalue weighted by atomic mass is 10.1. The fourth-order valence-electron chi connectivity index (χ4n) is 4.03. The molecule has 3 aromatic carbocycles. The molecule has 0 spiro atoms. The van der Waals surface area contributed by atoms with Crippen molar-refractivity contribution in [3.63, 3.8) is 0 Å². The zero-order valence-electron chi connectivity index (χ0n) is 19.3. The molecule has 1 saturated heterocycles. The van der Waals surface area contributed by atoms with E-state index in [4.69, 9.17) is 11.6 Å². The third kappa shape index (κ3) is 5.21. The second-order valence-electron chi connectivity index (χ2n) is 8.44. The van der Waals surface area contributed by atoms with Crippen LogP contribution in [0, 0.1) is 13.8 Å². The van der Waals surface area contributed by atoms with Gasteiger partial charge in [0.1, 0.15) is 6.54 Å². The first kappa shape index (κ1) is 24.1. The lowest BCUT2D eigenvalue weighted by Crippen LogP contribution is -2.52. The second-order valence-corrected chi connectivity index (χ2v) is 10.7. The van der Waals surface area contributed by atoms with Crippen LogP contribution in [0.25, 0.3) is 0 Å². The molecule has 0 N–H and O–H groups in total. The molecular formula is C26H28ClN3O3S. The van der Waals surface area contributed by atoms with Gasteiger partial charge in [-0.25, -0.2) is 8.42 Å². The summed E-state index contributed by atoms with van der Waals surface area (Å²) in [7, 11) is -3.92. The molecular weight excluding hydrogens is 470 g/mol. The van der Waals surface area contributed by atoms with Gasteiger partial charge < -0.3 is 9.80 Å². The number of rotatable bonds is 6. The number of anilines is 2. The second kappa shape index (κ2) is 10.1. The standard InChI is InChI=1S/C26H28ClN3O3S/c1-20-11-12-24(17-21(20)2)30(34(32,33)25-9-4-3-5-10-25)19-26(31)29-15-13-28(14-16-29)23-8-6-7-22(27)18-23/h3-12,17-18H,13-16,19H2,1-2H3. The van der Waals surface area contributed by atoms with E-state index in [0.717, 1.165) is 16.8 Å². The molecule has 0 bridgehead atoms. The van der Waals surface area contributed by atoms with E-state index in [1.54, 1.807) is 41.3 Å². The van der Waals surface area contributed by atoms with Gasteiger partial charge in [0.25, 0.3) is 10.0 Å². The van der Waals surface area contributed by atoms with Crippen LogP contribution in [0.4, 0.5) is 11.4 Å². The molecule has 1 aliphatic rings. The Morgan fingerprint density at radius 2 is 1.59 bits per heavy atom. The summed E-state index contributed by atoms with van der Waals surface area (Å²) in [5.41, 5.74) is 3.53. The highest BCUT2D eigenvalue weighted by Crippen LogP contribution is 2.26. The molecule has 0 aliphatic carbocycles. The van der Waals surface area contributed by atoms with Gasteiger partial charge in [0.15, 0.2) is 0 Å². The van der Waals surface area contributed by atoms with Crippen LogP contribution >= 0.6 is 11.6 Å². The largest absolute Gasteiger partial charge is 0.368 e. The van der Waals surface area contributed by atoms with E-state index in [-0.39, 0.29) is 17.3 Å². The number of carbonyl (C=O) groups is 1. The maximum Gasteiger partial charge on any atom is 0.264 e. The van der Waals surface area contributed by atoms with Crippen LogP contribution in [0.15, 0.2) is 77.7 Å². The molecule has 8 heteroatoms. The molecule has 178 valence electrons. The summed E-state index contributed by atoms with van der Waals surface area (Å²) in [5, 5.41) is 0.672. The number of hydrogen-bond donors (Lipinski definition) is 0. The van der Waals surface area contributed by atoms with E-state index in [1.807, 2.05) is 50.2 Å². The predicted octanol–water partition coefficient (Wildman–Crippen LogP) is 4.50. The van der Waals surface area contributed by atoms with Crippen molar-refractivity contribution in [2.45, 2.75) is 18.7 Å². The number of hydrogen-bond acceptors (Lipinski definition) is 4. The molecule has 0 saturated carbocycles. The first-order chi connectivity index (χ1) is 16.3. The minimum Gasteiger partial charge on any atom is -0.368 e. The molecule has 0 unspecified atom stereocenters. The van der Waals surface area contributed by atoms with E-state index in [9.17, 15) is 13.2 Å². The first-order valence-corrected chi connectivity index (χ1v) is 13.0. The van der Waals surface area contributed by atoms with Crippen molar-refractivity contribution in [1.82, 2.24) is 4.90 Å². The molecule has 1 heterocycles. The molecule has 34 heavy (non-hydrogen) atoms. The maximum absolute atomic E-state index is 13.6. The quantitative estimate of drug-likeness (QED) is 0.503. The maximum atomic E-state index is 13.6. The topological polar surface area (TPSA) is 60.9 Å². The van der Waals surface area contributed by atoms with Crippen LogP contribution < -0.4 is 9.21 Å². The van der Waals surface area contributed by atoms with E-state index < -0.39 is 10.0 Å². The van der Waals surface area contributed by atoms with Gasteiger partial charge in [-0.3, -0.25) is 9.10 Å². The highest BCUT2D eigenvalue weighted by molar-refractivity contribution is 7.92. The summed E-state index contributed by atoms with van der Waals surface area (Å²) in [6.45, 7) is 5.98. The Balaban J connectivity index is 1.54. The predicted molar refractivity (Wildman–Crippen MR) is 137 cm³/mol. The molecule has 6 nitrogen and oxygen atoms in total. The van der Waals surface area contributed by atoms with Crippen molar-refractivity contribution in [3.05, 3.63) is 88.9 Å². The summed E-state index contributed by atoms with van der Waals surface area (Å²) in [4.78, 5) is 17.4. The molecule has 1 amide bonds. The van der Waals surface area contributed by atoms with E-state index >= 15 is 0 Å². The smallest absolute Gasteiger partial charge is 0.264 e. The minimum atomic E-state index is -3.92. The Kier molecular flexibility index (Phi) is 7.14. The third-order valence-corrected chi connectivity index (χ3v) is 8.22. The Morgan fingerprint density at radius 3 is 2.24 bits per heavy atom. The average Bonchev–Trinajstić information content (AvgIpc) is 2.85. The minimum absolute atomic E-state index is 0.159. The van der Waals surface area contributed by atoms with Crippen molar-refractivity contribution < 1.29 is 13.2 Å². The van der Waals surface area contributed by atoms with Crippen LogP contribution in [0.5, 0.6) is 0 Å². The summed E-state index contributed by atoms with van der Waals surface area (Å²) < 4.78 is 28.3. The number of piperazine rings is 1. The molecule has 1 aliphatic heterocycles. The van der Waals surface area contributed by atoms with Gasteiger partial charge in [-0.1, -0.05) is 41.9 Å². The molecule has 0 aromatic heterocycles. The number of amides is 1. The van der Waals surface area contributed by atoms with Gasteiger partial charge in [0.2, 0.25) is 5.91 Å². The van der Waals surface area contributed by atoms with Crippen molar-refractivity contribution in [2.75, 3.05) is 41.9 Å². The van der Waals surface area contributed by atoms with Crippen molar-refractivity contribution in [1.29, 1.82) is 0 Å². The SMILES string of the molecule is Cc1ccc(N(CC(=O)N2CCN(c3cccc(Cl)c3)CC2)S(=O)(=O)c2ccccc2)cc1C. The van der Waals surface area contributed by atoms with Crippen molar-refractivity contribution in [2.24, 2.45) is 0 Å². The molecule has 0 atom stereocenters. The third-order valence-electron chi connectivity index (χ3n) is 6.19. The Hall–Kier alpha value is -3.03. The summed E-state index contributed by atoms with van der Waals surface area (Å²) in [6.07, 6.45) is 0. The monoisotopic (exact) mass is 497 g/mol. The number of aryl methyl sites for hydroxylation is 2. The number of carbonyl (C=O) groups excluding carboxylic acids is 1. The fraction of sp³-hybridized carbons (Fsp3) is 0.269. The fourth-order valence-corrected chi connectivity index (χ4v) is 5.64. The molecule has 4 rings (SSSR count). The molecule has 1 fully saturated rings. The Morgan fingerprint density at radius 1 is 0.882 bits per heavy atom. The number of halogens is 1. The number of sulfonamides is 1. The van der Waals surface area contributed by atoms with Gasteiger partial charge in [0, 0.05) is 36.9 Å². The zero-order valence-corrected chi connectivity index (χ0v) is 20.9. The van der Waals surface area contributed by atoms with Gasteiger partial charge in [-0.15, -0.1) is 0 Å². The highest BCUT2D eigenvalue weighted by atomic mass is 35.5. The molecule has 0 radical (unpaired) electrons. The Labute approximate surface area is 206 Å². The number of benzene rings is 3. The van der Waals surface area contributed by atoms with Gasteiger partial charge in [-0.2, -0.15) is 0 Å². The van der Waals surface area contributed by atoms with Crippen LogP contribution in [0.2, 0.25) is 5.02 Å². The average molecular weight is 498 g/mol. The Bertz CT molecular complexity index is 1270. The van der Waals surface area contributed by atoms with Gasteiger partial charge in [-0.05, 0) is 67.4 Å².